The molecule has 0 heterocycles. The van der Waals surface area contributed by atoms with Gasteiger partial charge in [0, 0.05) is 0 Å². The topological polar surface area (TPSA) is 38.7 Å². The summed E-state index contributed by atoms with van der Waals surface area (Å²) in [4.78, 5) is 11.0. The Hall–Kier alpha value is -0.470. The first kappa shape index (κ1) is 24.6. The van der Waals surface area contributed by atoms with Crippen LogP contribution in [0.1, 0.15) is 84.6 Å². The maximum absolute atomic E-state index is 11.0. The van der Waals surface area contributed by atoms with Crippen molar-refractivity contribution in [2.45, 2.75) is 85.2 Å². The fraction of sp³-hybridized carbons (Fsp3) is 0.739. The molecule has 0 aromatic heterocycles. The third-order valence-electron chi connectivity index (χ3n) is 4.78. The Morgan fingerprint density at radius 3 is 1.67 bits per heavy atom. The van der Waals surface area contributed by atoms with Gasteiger partial charge in [0.25, 0.3) is 0 Å². The van der Waals surface area contributed by atoms with Gasteiger partial charge in [-0.1, -0.05) is 0 Å². The number of benzene rings is 1. The number of rotatable bonds is 16. The van der Waals surface area contributed by atoms with Crippen LogP contribution in [0.3, 0.4) is 0 Å². The van der Waals surface area contributed by atoms with E-state index in [4.69, 9.17) is 9.05 Å². The van der Waals surface area contributed by atoms with Crippen LogP contribution in [0.25, 0.3) is 0 Å². The van der Waals surface area contributed by atoms with Gasteiger partial charge >= 0.3 is 168 Å². The Morgan fingerprint density at radius 2 is 1.22 bits per heavy atom. The maximum atomic E-state index is 11.0. The quantitative estimate of drug-likeness (QED) is 0.237. The van der Waals surface area contributed by atoms with Crippen LogP contribution in [0.5, 0.6) is 0 Å². The molecule has 1 rings (SSSR count). The zero-order chi connectivity index (χ0) is 20.0. The van der Waals surface area contributed by atoms with Crippen molar-refractivity contribution in [1.29, 1.82) is 0 Å². The molecule has 3 nitrogen and oxygen atoms in total. The molecule has 0 saturated heterocycles. The van der Waals surface area contributed by atoms with E-state index in [1.54, 1.807) is 0 Å². The Labute approximate surface area is 168 Å². The Morgan fingerprint density at radius 1 is 0.741 bits per heavy atom. The molecule has 27 heavy (non-hydrogen) atoms. The van der Waals surface area contributed by atoms with E-state index in [-0.39, 0.29) is 0 Å². The third kappa shape index (κ3) is 13.4. The molecule has 0 unspecified atom stereocenters. The van der Waals surface area contributed by atoms with Gasteiger partial charge in [0.1, 0.15) is 0 Å². The van der Waals surface area contributed by atoms with Gasteiger partial charge in [0.15, 0.2) is 0 Å². The molecule has 0 fully saturated rings. The monoisotopic (exact) mass is 398 g/mol. The van der Waals surface area contributed by atoms with Crippen LogP contribution >= 0.6 is 7.94 Å². The van der Waals surface area contributed by atoms with Crippen LogP contribution in [-0.4, -0.2) is 18.1 Å². The summed E-state index contributed by atoms with van der Waals surface area (Å²) in [5, 5.41) is 0. The summed E-state index contributed by atoms with van der Waals surface area (Å²) >= 11 is 0. The fourth-order valence-corrected chi connectivity index (χ4v) is 5.09. The zero-order valence-electron chi connectivity index (χ0n) is 18.1. The van der Waals surface area contributed by atoms with Gasteiger partial charge in [-0.2, -0.15) is 0 Å². The predicted molar refractivity (Wildman–Crippen MR) is 119 cm³/mol. The van der Waals surface area contributed by atoms with Crippen molar-refractivity contribution >= 4 is 7.94 Å². The Bertz CT molecular complexity index is 442. The van der Waals surface area contributed by atoms with Crippen molar-refractivity contribution in [3.8, 4) is 0 Å². The van der Waals surface area contributed by atoms with Gasteiger partial charge in [-0.05, 0) is 0 Å². The van der Waals surface area contributed by atoms with Gasteiger partial charge < -0.3 is 0 Å². The number of hydrogen-bond acceptors (Lipinski definition) is 3. The van der Waals surface area contributed by atoms with Crippen molar-refractivity contribution in [3.63, 3.8) is 0 Å². The minimum absolute atomic E-state index is 0.506. The van der Waals surface area contributed by atoms with E-state index in [2.05, 4.69) is 27.7 Å². The number of unbranched alkanes of at least 4 members (excludes halogenated alkanes) is 4. The first-order valence-electron chi connectivity index (χ1n) is 11.0. The van der Waals surface area contributed by atoms with Crippen LogP contribution in [0.2, 0.25) is 0 Å². The molecular weight excluding hydrogens is 355 g/mol. The average Bonchev–Trinajstić information content (AvgIpc) is 2.61. The molecule has 0 aliphatic carbocycles. The summed E-state index contributed by atoms with van der Waals surface area (Å²) in [6.07, 6.45) is 9.80. The van der Waals surface area contributed by atoms with Crippen LogP contribution in [0.15, 0.2) is 30.3 Å². The van der Waals surface area contributed by atoms with E-state index in [1.165, 1.54) is 25.7 Å². The van der Waals surface area contributed by atoms with Gasteiger partial charge in [-0.25, -0.2) is 0 Å². The second-order valence-corrected chi connectivity index (χ2v) is 10.9. The van der Waals surface area contributed by atoms with E-state index >= 15 is 0 Å². The van der Waals surface area contributed by atoms with Crippen LogP contribution in [0, 0.1) is 11.8 Å². The second kappa shape index (κ2) is 14.5. The molecule has 158 valence electrons. The van der Waals surface area contributed by atoms with Crippen LogP contribution in [-0.2, 0) is 15.2 Å². The molecule has 1 aromatic rings. The predicted octanol–water partition coefficient (Wildman–Crippen LogP) is 7.14. The van der Waals surface area contributed by atoms with Crippen LogP contribution < -0.4 is 0 Å². The standard InChI is InChI=1S/C23H43O3P/c1-21(2)14-8-6-12-18-25-27(24,20-23-16-10-5-11-17-23)26-19-13-7-9-15-22(3)4/h5,10-11,16-17,21-22,24,27H,6-9,12-15,18-20H2,1-4H3. The van der Waals surface area contributed by atoms with Gasteiger partial charge in [-0.15, -0.1) is 0 Å². The van der Waals surface area contributed by atoms with Crippen molar-refractivity contribution in [2.24, 2.45) is 11.8 Å². The van der Waals surface area contributed by atoms with Gasteiger partial charge in [0.2, 0.25) is 0 Å². The molecule has 0 radical (unpaired) electrons. The Kier molecular flexibility index (Phi) is 13.2. The van der Waals surface area contributed by atoms with E-state index < -0.39 is 7.94 Å². The normalized spacial score (nSPS) is 12.9. The molecular formula is C23H43O3P. The van der Waals surface area contributed by atoms with Crippen molar-refractivity contribution < 1.29 is 13.9 Å². The molecule has 4 heteroatoms. The number of hydrogen-bond donors (Lipinski definition) is 1. The Balaban J connectivity index is 2.38. The summed E-state index contributed by atoms with van der Waals surface area (Å²) in [7, 11) is -3.15. The van der Waals surface area contributed by atoms with E-state index in [9.17, 15) is 4.89 Å². The van der Waals surface area contributed by atoms with Crippen LogP contribution in [0.4, 0.5) is 0 Å². The second-order valence-electron chi connectivity index (χ2n) is 8.56. The summed E-state index contributed by atoms with van der Waals surface area (Å²) < 4.78 is 11.9. The molecule has 0 atom stereocenters. The minimum atomic E-state index is -3.15. The van der Waals surface area contributed by atoms with E-state index in [0.717, 1.165) is 43.1 Å². The zero-order valence-corrected chi connectivity index (χ0v) is 19.1. The molecule has 1 N–H and O–H groups in total. The first-order valence-corrected chi connectivity index (χ1v) is 12.9. The molecule has 0 bridgehead atoms. The molecule has 0 amide bonds. The molecule has 0 saturated carbocycles. The van der Waals surface area contributed by atoms with E-state index in [0.29, 0.717) is 19.4 Å². The molecule has 1 aromatic carbocycles. The molecule has 0 aliphatic rings. The molecule has 0 spiro atoms. The van der Waals surface area contributed by atoms with Crippen molar-refractivity contribution in [3.05, 3.63) is 35.9 Å². The van der Waals surface area contributed by atoms with Gasteiger partial charge in [0.05, 0.1) is 0 Å². The summed E-state index contributed by atoms with van der Waals surface area (Å²) in [5.74, 6) is 1.52. The SMILES string of the molecule is CC(C)CCCCCO[PH](O)(Cc1ccccc1)OCCCCCC(C)C. The summed E-state index contributed by atoms with van der Waals surface area (Å²) in [6, 6.07) is 10.1. The third-order valence-corrected chi connectivity index (χ3v) is 6.94. The molecule has 0 aliphatic heterocycles. The summed E-state index contributed by atoms with van der Waals surface area (Å²) in [6.45, 7) is 10.2. The van der Waals surface area contributed by atoms with Gasteiger partial charge in [-0.3, -0.25) is 0 Å². The first-order chi connectivity index (χ1) is 12.9. The fourth-order valence-electron chi connectivity index (χ4n) is 3.12. The van der Waals surface area contributed by atoms with Crippen molar-refractivity contribution in [1.82, 2.24) is 0 Å². The van der Waals surface area contributed by atoms with Crippen molar-refractivity contribution in [2.75, 3.05) is 13.2 Å². The van der Waals surface area contributed by atoms with E-state index in [1.807, 2.05) is 30.3 Å². The average molecular weight is 399 g/mol. The summed E-state index contributed by atoms with van der Waals surface area (Å²) in [5.41, 5.74) is 1.09.